The van der Waals surface area contributed by atoms with Gasteiger partial charge in [0.1, 0.15) is 0 Å². The van der Waals surface area contributed by atoms with E-state index in [9.17, 15) is 0 Å². The second kappa shape index (κ2) is 4.22. The van der Waals surface area contributed by atoms with Crippen LogP contribution < -0.4 is 5.32 Å². The van der Waals surface area contributed by atoms with E-state index in [0.717, 1.165) is 12.5 Å². The lowest BCUT2D eigenvalue weighted by Crippen LogP contribution is -2.15. The first-order chi connectivity index (χ1) is 5.29. The van der Waals surface area contributed by atoms with Crippen molar-refractivity contribution >= 4 is 0 Å². The van der Waals surface area contributed by atoms with Crippen molar-refractivity contribution in [1.29, 1.82) is 0 Å². The van der Waals surface area contributed by atoms with Crippen molar-refractivity contribution in [3.63, 3.8) is 0 Å². The maximum atomic E-state index is 3.35. The van der Waals surface area contributed by atoms with Gasteiger partial charge in [-0.05, 0) is 24.8 Å². The fourth-order valence-corrected chi connectivity index (χ4v) is 1.12. The van der Waals surface area contributed by atoms with E-state index in [1.807, 2.05) is 0 Å². The predicted octanol–water partition coefficient (Wildman–Crippen LogP) is 2.47. The van der Waals surface area contributed by atoms with Crippen LogP contribution in [-0.4, -0.2) is 6.54 Å². The van der Waals surface area contributed by atoms with Crippen molar-refractivity contribution in [2.45, 2.75) is 26.7 Å². The summed E-state index contributed by atoms with van der Waals surface area (Å²) in [6, 6.07) is 0. The molecular weight excluding hydrogens is 134 g/mol. The zero-order valence-electron chi connectivity index (χ0n) is 7.43. The number of allylic oxidation sites excluding steroid dienone is 3. The molecule has 0 aromatic heterocycles. The lowest BCUT2D eigenvalue weighted by Gasteiger charge is -2.12. The first kappa shape index (κ1) is 8.38. The third-order valence-corrected chi connectivity index (χ3v) is 1.87. The molecule has 0 radical (unpaired) electrons. The van der Waals surface area contributed by atoms with Crippen LogP contribution in [0.2, 0.25) is 0 Å². The van der Waals surface area contributed by atoms with Gasteiger partial charge in [0.25, 0.3) is 0 Å². The summed E-state index contributed by atoms with van der Waals surface area (Å²) in [5.74, 6) is 0.809. The van der Waals surface area contributed by atoms with Crippen molar-refractivity contribution in [2.75, 3.05) is 6.54 Å². The molecule has 0 aromatic rings. The highest BCUT2D eigenvalue weighted by molar-refractivity contribution is 5.16. The van der Waals surface area contributed by atoms with Crippen molar-refractivity contribution in [3.8, 4) is 0 Å². The third kappa shape index (κ3) is 3.26. The lowest BCUT2D eigenvalue weighted by molar-refractivity contribution is 0.570. The molecule has 1 aliphatic heterocycles. The van der Waals surface area contributed by atoms with E-state index in [2.05, 4.69) is 37.4 Å². The average Bonchev–Trinajstić information content (AvgIpc) is 2.03. The van der Waals surface area contributed by atoms with Gasteiger partial charge in [-0.1, -0.05) is 26.0 Å². The van der Waals surface area contributed by atoms with E-state index >= 15 is 0 Å². The highest BCUT2D eigenvalue weighted by Crippen LogP contribution is 2.10. The van der Waals surface area contributed by atoms with Gasteiger partial charge in [-0.15, -0.1) is 0 Å². The van der Waals surface area contributed by atoms with Gasteiger partial charge < -0.3 is 5.32 Å². The third-order valence-electron chi connectivity index (χ3n) is 1.87. The first-order valence-corrected chi connectivity index (χ1v) is 4.38. The van der Waals surface area contributed by atoms with Crippen LogP contribution >= 0.6 is 0 Å². The number of hydrogen-bond donors (Lipinski definition) is 1. The molecular formula is C10H17N. The maximum Gasteiger partial charge on any atom is 0.0330 e. The molecule has 11 heavy (non-hydrogen) atoms. The standard InChI is InChI=1S/C10H17N/c1-9(2)6-7-10-5-3-4-8-11-10/h3-5,9,11H,6-8H2,1-2H3. The van der Waals surface area contributed by atoms with Crippen LogP contribution in [0.4, 0.5) is 0 Å². The molecule has 0 atom stereocenters. The zero-order chi connectivity index (χ0) is 8.10. The predicted molar refractivity (Wildman–Crippen MR) is 49.3 cm³/mol. The molecule has 0 amide bonds. The van der Waals surface area contributed by atoms with Crippen molar-refractivity contribution < 1.29 is 0 Å². The summed E-state index contributed by atoms with van der Waals surface area (Å²) in [7, 11) is 0. The Morgan fingerprint density at radius 2 is 2.36 bits per heavy atom. The summed E-state index contributed by atoms with van der Waals surface area (Å²) in [6.07, 6.45) is 8.92. The minimum Gasteiger partial charge on any atom is -0.385 e. The number of nitrogens with one attached hydrogen (secondary N) is 1. The second-order valence-electron chi connectivity index (χ2n) is 3.43. The van der Waals surface area contributed by atoms with Crippen LogP contribution in [0.5, 0.6) is 0 Å². The molecule has 0 spiro atoms. The van der Waals surface area contributed by atoms with Gasteiger partial charge in [0.2, 0.25) is 0 Å². The van der Waals surface area contributed by atoms with Crippen molar-refractivity contribution in [2.24, 2.45) is 5.92 Å². The Balaban J connectivity index is 2.25. The molecule has 0 saturated heterocycles. The van der Waals surface area contributed by atoms with E-state index in [4.69, 9.17) is 0 Å². The molecule has 0 saturated carbocycles. The van der Waals surface area contributed by atoms with Crippen LogP contribution in [0.25, 0.3) is 0 Å². The fraction of sp³-hybridized carbons (Fsp3) is 0.600. The Kier molecular flexibility index (Phi) is 3.21. The highest BCUT2D eigenvalue weighted by Gasteiger charge is 1.99. The quantitative estimate of drug-likeness (QED) is 0.653. The van der Waals surface area contributed by atoms with Crippen LogP contribution in [0.1, 0.15) is 26.7 Å². The summed E-state index contributed by atoms with van der Waals surface area (Å²) in [4.78, 5) is 0. The first-order valence-electron chi connectivity index (χ1n) is 4.38. The van der Waals surface area contributed by atoms with Gasteiger partial charge >= 0.3 is 0 Å². The summed E-state index contributed by atoms with van der Waals surface area (Å²) in [5, 5.41) is 3.35. The van der Waals surface area contributed by atoms with Gasteiger partial charge in [-0.2, -0.15) is 0 Å². The molecule has 0 unspecified atom stereocenters. The molecule has 1 nitrogen and oxygen atoms in total. The largest absolute Gasteiger partial charge is 0.385 e. The minimum absolute atomic E-state index is 0.809. The molecule has 1 heteroatoms. The second-order valence-corrected chi connectivity index (χ2v) is 3.43. The molecule has 1 heterocycles. The smallest absolute Gasteiger partial charge is 0.0330 e. The molecule has 1 aliphatic rings. The zero-order valence-corrected chi connectivity index (χ0v) is 7.43. The Morgan fingerprint density at radius 3 is 2.91 bits per heavy atom. The Labute approximate surface area is 69.2 Å². The van der Waals surface area contributed by atoms with Crippen molar-refractivity contribution in [1.82, 2.24) is 5.32 Å². The Bertz CT molecular complexity index is 166. The maximum absolute atomic E-state index is 3.35. The van der Waals surface area contributed by atoms with Gasteiger partial charge in [-0.3, -0.25) is 0 Å². The summed E-state index contributed by atoms with van der Waals surface area (Å²) in [5.41, 5.74) is 1.39. The topological polar surface area (TPSA) is 12.0 Å². The number of hydrogen-bond acceptors (Lipinski definition) is 1. The molecule has 62 valence electrons. The molecule has 0 aromatic carbocycles. The van der Waals surface area contributed by atoms with Crippen LogP contribution in [0, 0.1) is 5.92 Å². The molecule has 0 fully saturated rings. The van der Waals surface area contributed by atoms with Gasteiger partial charge in [0.15, 0.2) is 0 Å². The van der Waals surface area contributed by atoms with Crippen LogP contribution in [0.3, 0.4) is 0 Å². The molecule has 1 N–H and O–H groups in total. The van der Waals surface area contributed by atoms with Gasteiger partial charge in [0.05, 0.1) is 0 Å². The monoisotopic (exact) mass is 151 g/mol. The highest BCUT2D eigenvalue weighted by atomic mass is 14.9. The molecule has 0 aliphatic carbocycles. The SMILES string of the molecule is CC(C)CCC1=CC=CCN1. The van der Waals surface area contributed by atoms with E-state index < -0.39 is 0 Å². The Morgan fingerprint density at radius 1 is 1.55 bits per heavy atom. The Hall–Kier alpha value is -0.720. The summed E-state index contributed by atoms with van der Waals surface area (Å²) < 4.78 is 0. The van der Waals surface area contributed by atoms with Gasteiger partial charge in [-0.25, -0.2) is 0 Å². The van der Waals surface area contributed by atoms with Gasteiger partial charge in [0, 0.05) is 12.2 Å². The average molecular weight is 151 g/mol. The summed E-state index contributed by atoms with van der Waals surface area (Å²) >= 11 is 0. The van der Waals surface area contributed by atoms with Crippen molar-refractivity contribution in [3.05, 3.63) is 23.9 Å². The van der Waals surface area contributed by atoms with E-state index in [-0.39, 0.29) is 0 Å². The van der Waals surface area contributed by atoms with E-state index in [1.165, 1.54) is 18.5 Å². The fourth-order valence-electron chi connectivity index (χ4n) is 1.12. The number of dihydropyridines is 1. The normalized spacial score (nSPS) is 16.5. The lowest BCUT2D eigenvalue weighted by atomic mass is 10.1. The van der Waals surface area contributed by atoms with Crippen LogP contribution in [-0.2, 0) is 0 Å². The van der Waals surface area contributed by atoms with E-state index in [0.29, 0.717) is 0 Å². The van der Waals surface area contributed by atoms with E-state index in [1.54, 1.807) is 0 Å². The number of rotatable bonds is 3. The minimum atomic E-state index is 0.809. The molecule has 0 bridgehead atoms. The molecule has 1 rings (SSSR count). The van der Waals surface area contributed by atoms with Crippen LogP contribution in [0.15, 0.2) is 23.9 Å². The summed E-state index contributed by atoms with van der Waals surface area (Å²) in [6.45, 7) is 5.53.